The molecule has 0 aromatic carbocycles. The summed E-state index contributed by atoms with van der Waals surface area (Å²) in [5.74, 6) is -0.869. The van der Waals surface area contributed by atoms with Crippen LogP contribution < -0.4 is 0 Å². The molecule has 0 saturated carbocycles. The Morgan fingerprint density at radius 2 is 0.574 bits per heavy atom. The van der Waals surface area contributed by atoms with Gasteiger partial charge in [-0.3, -0.25) is 14.4 Å². The van der Waals surface area contributed by atoms with Gasteiger partial charge in [-0.1, -0.05) is 188 Å². The molecule has 0 aliphatic carbocycles. The number of hydrogen-bond acceptors (Lipinski definition) is 6. The third kappa shape index (κ3) is 35.5. The van der Waals surface area contributed by atoms with Crippen LogP contribution in [0.4, 0.5) is 0 Å². The molecule has 0 amide bonds. The van der Waals surface area contributed by atoms with Crippen molar-refractivity contribution in [2.45, 2.75) is 232 Å². The molecule has 6 heteroatoms. The number of carbonyl (C=O) groups excluding carboxylic acids is 3. The van der Waals surface area contributed by atoms with Crippen molar-refractivity contribution in [3.05, 3.63) is 0 Å². The molecule has 0 fully saturated rings. The minimum Gasteiger partial charge on any atom is -0.462 e. The van der Waals surface area contributed by atoms with Gasteiger partial charge in [-0.05, 0) is 19.3 Å². The summed E-state index contributed by atoms with van der Waals surface area (Å²) in [4.78, 5) is 37.3. The average Bonchev–Trinajstić information content (AvgIpc) is 3.06. The van der Waals surface area contributed by atoms with Crippen molar-refractivity contribution in [2.24, 2.45) is 0 Å². The summed E-state index contributed by atoms with van der Waals surface area (Å²) >= 11 is 0. The van der Waals surface area contributed by atoms with Crippen LogP contribution in [0.15, 0.2) is 0 Å². The predicted molar refractivity (Wildman–Crippen MR) is 197 cm³/mol. The van der Waals surface area contributed by atoms with Gasteiger partial charge in [0.15, 0.2) is 6.10 Å². The lowest BCUT2D eigenvalue weighted by Gasteiger charge is -2.18. The normalized spacial score (nSPS) is 11.8. The lowest BCUT2D eigenvalue weighted by atomic mass is 10.0. The number of rotatable bonds is 37. The van der Waals surface area contributed by atoms with Gasteiger partial charge in [0.1, 0.15) is 13.2 Å². The van der Waals surface area contributed by atoms with E-state index in [4.69, 9.17) is 14.2 Å². The fraction of sp³-hybridized carbons (Fsp3) is 0.927. The van der Waals surface area contributed by atoms with Gasteiger partial charge in [-0.25, -0.2) is 0 Å². The van der Waals surface area contributed by atoms with Gasteiger partial charge in [0.05, 0.1) is 0 Å². The molecule has 6 nitrogen and oxygen atoms in total. The third-order valence-electron chi connectivity index (χ3n) is 9.11. The molecule has 278 valence electrons. The maximum Gasteiger partial charge on any atom is 0.306 e. The number of unbranched alkanes of at least 4 members (excludes halogenated alkanes) is 26. The zero-order valence-electron chi connectivity index (χ0n) is 31.6. The highest BCUT2D eigenvalue weighted by Gasteiger charge is 2.19. The van der Waals surface area contributed by atoms with Gasteiger partial charge in [0.2, 0.25) is 0 Å². The molecule has 0 spiro atoms. The minimum atomic E-state index is -0.755. The van der Waals surface area contributed by atoms with Gasteiger partial charge in [0, 0.05) is 19.3 Å². The first-order valence-electron chi connectivity index (χ1n) is 20.5. The Kier molecular flexibility index (Phi) is 36.0. The summed E-state index contributed by atoms with van der Waals surface area (Å²) in [7, 11) is 0. The van der Waals surface area contributed by atoms with Crippen molar-refractivity contribution in [3.8, 4) is 0 Å². The number of carbonyl (C=O) groups is 3. The SMILES string of the molecule is CCCCCCCCCCCCCCC(=O)OCC(COC(=O)CCCCCCCC)OC(=O)CCCCCCCCCCCCC. The smallest absolute Gasteiger partial charge is 0.306 e. The highest BCUT2D eigenvalue weighted by Crippen LogP contribution is 2.15. The average molecular weight is 667 g/mol. The third-order valence-corrected chi connectivity index (χ3v) is 9.11. The summed E-state index contributed by atoms with van der Waals surface area (Å²) in [6.07, 6.45) is 35.3. The fourth-order valence-corrected chi connectivity index (χ4v) is 5.97. The second-order valence-corrected chi connectivity index (χ2v) is 13.9. The Balaban J connectivity index is 4.27. The first-order valence-corrected chi connectivity index (χ1v) is 20.5. The molecule has 0 heterocycles. The second-order valence-electron chi connectivity index (χ2n) is 13.9. The summed E-state index contributed by atoms with van der Waals surface area (Å²) in [6.45, 7) is 6.57. The van der Waals surface area contributed by atoms with Gasteiger partial charge in [0.25, 0.3) is 0 Å². The lowest BCUT2D eigenvalue weighted by Crippen LogP contribution is -2.30. The van der Waals surface area contributed by atoms with Gasteiger partial charge < -0.3 is 14.2 Å². The molecule has 0 radical (unpaired) electrons. The van der Waals surface area contributed by atoms with Gasteiger partial charge in [-0.2, -0.15) is 0 Å². The molecule has 1 unspecified atom stereocenters. The van der Waals surface area contributed by atoms with Gasteiger partial charge >= 0.3 is 17.9 Å². The van der Waals surface area contributed by atoms with E-state index in [0.29, 0.717) is 19.3 Å². The highest BCUT2D eigenvalue weighted by atomic mass is 16.6. The zero-order valence-corrected chi connectivity index (χ0v) is 31.6. The van der Waals surface area contributed by atoms with Gasteiger partial charge in [-0.15, -0.1) is 0 Å². The van der Waals surface area contributed by atoms with Crippen LogP contribution in [0.2, 0.25) is 0 Å². The van der Waals surface area contributed by atoms with E-state index in [9.17, 15) is 14.4 Å². The van der Waals surface area contributed by atoms with Crippen LogP contribution in [0.5, 0.6) is 0 Å². The maximum absolute atomic E-state index is 12.6. The van der Waals surface area contributed by atoms with Crippen LogP contribution in [0, 0.1) is 0 Å². The van der Waals surface area contributed by atoms with Crippen molar-refractivity contribution >= 4 is 17.9 Å². The Labute approximate surface area is 291 Å². The van der Waals surface area contributed by atoms with Crippen LogP contribution in [0.1, 0.15) is 226 Å². The molecule has 0 aromatic rings. The molecule has 0 saturated heterocycles. The topological polar surface area (TPSA) is 78.9 Å². The number of ether oxygens (including phenoxy) is 3. The van der Waals surface area contributed by atoms with Crippen molar-refractivity contribution in [3.63, 3.8) is 0 Å². The lowest BCUT2D eigenvalue weighted by molar-refractivity contribution is -0.167. The molecule has 1 atom stereocenters. The predicted octanol–water partition coefficient (Wildman–Crippen LogP) is 12.5. The van der Waals surface area contributed by atoms with Crippen LogP contribution in [0.25, 0.3) is 0 Å². The van der Waals surface area contributed by atoms with Crippen LogP contribution in [0.3, 0.4) is 0 Å². The molecular formula is C41H78O6. The summed E-state index contributed by atoms with van der Waals surface area (Å²) in [5.41, 5.74) is 0. The van der Waals surface area contributed by atoms with E-state index < -0.39 is 6.10 Å². The first kappa shape index (κ1) is 45.4. The minimum absolute atomic E-state index is 0.0641. The molecule has 0 rings (SSSR count). The molecular weight excluding hydrogens is 588 g/mol. The van der Waals surface area contributed by atoms with Crippen molar-refractivity contribution in [1.29, 1.82) is 0 Å². The quantitative estimate of drug-likeness (QED) is 0.0373. The molecule has 0 aliphatic rings. The Morgan fingerprint density at radius 3 is 0.851 bits per heavy atom. The Bertz CT molecular complexity index is 693. The largest absolute Gasteiger partial charge is 0.462 e. The standard InChI is InChI=1S/C41H78O6/c1-4-7-10-13-16-18-20-22-23-25-28-31-34-40(43)46-37-38(36-45-39(42)33-30-27-15-12-9-6-3)47-41(44)35-32-29-26-24-21-19-17-14-11-8-5-2/h38H,4-37H2,1-3H3. The molecule has 47 heavy (non-hydrogen) atoms. The Morgan fingerprint density at radius 1 is 0.340 bits per heavy atom. The zero-order chi connectivity index (χ0) is 34.5. The van der Waals surface area contributed by atoms with Crippen molar-refractivity contribution in [1.82, 2.24) is 0 Å². The highest BCUT2D eigenvalue weighted by molar-refractivity contribution is 5.71. The van der Waals surface area contributed by atoms with Crippen LogP contribution in [-0.4, -0.2) is 37.2 Å². The van der Waals surface area contributed by atoms with Crippen LogP contribution in [-0.2, 0) is 28.6 Å². The summed E-state index contributed by atoms with van der Waals surface area (Å²) in [6, 6.07) is 0. The summed E-state index contributed by atoms with van der Waals surface area (Å²) in [5, 5.41) is 0. The van der Waals surface area contributed by atoms with Crippen molar-refractivity contribution < 1.29 is 28.6 Å². The van der Waals surface area contributed by atoms with E-state index in [-0.39, 0.29) is 31.1 Å². The maximum atomic E-state index is 12.6. The van der Waals surface area contributed by atoms with E-state index >= 15 is 0 Å². The van der Waals surface area contributed by atoms with E-state index in [1.165, 1.54) is 128 Å². The first-order chi connectivity index (χ1) is 23.0. The summed E-state index contributed by atoms with van der Waals surface area (Å²) < 4.78 is 16.6. The fourth-order valence-electron chi connectivity index (χ4n) is 5.97. The van der Waals surface area contributed by atoms with E-state index in [1.807, 2.05) is 0 Å². The molecule has 0 aromatic heterocycles. The molecule has 0 N–H and O–H groups in total. The second kappa shape index (κ2) is 37.2. The van der Waals surface area contributed by atoms with E-state index in [2.05, 4.69) is 20.8 Å². The van der Waals surface area contributed by atoms with Crippen molar-refractivity contribution in [2.75, 3.05) is 13.2 Å². The van der Waals surface area contributed by atoms with Crippen LogP contribution >= 0.6 is 0 Å². The Hall–Kier alpha value is -1.59. The monoisotopic (exact) mass is 667 g/mol. The number of esters is 3. The molecule has 0 aliphatic heterocycles. The van der Waals surface area contributed by atoms with E-state index in [1.54, 1.807) is 0 Å². The number of hydrogen-bond donors (Lipinski definition) is 0. The van der Waals surface area contributed by atoms with E-state index in [0.717, 1.165) is 57.8 Å². The molecule has 0 bridgehead atoms.